The highest BCUT2D eigenvalue weighted by molar-refractivity contribution is 5.89. The minimum Gasteiger partial charge on any atom is -0.467 e. The summed E-state index contributed by atoms with van der Waals surface area (Å²) in [6.45, 7) is 8.49. The normalized spacial score (nSPS) is 13.1. The van der Waals surface area contributed by atoms with Crippen LogP contribution in [0.1, 0.15) is 20.8 Å². The van der Waals surface area contributed by atoms with Gasteiger partial charge in [0.15, 0.2) is 0 Å². The van der Waals surface area contributed by atoms with Gasteiger partial charge in [-0.05, 0) is 12.8 Å². The minimum absolute atomic E-state index is 0.0524. The molecule has 7 heteroatoms. The number of hydrogen-bond acceptors (Lipinski definition) is 5. The average Bonchev–Trinajstić information content (AvgIpc) is 2.40. The lowest BCUT2D eigenvalue weighted by molar-refractivity contribution is -0.144. The van der Waals surface area contributed by atoms with Gasteiger partial charge in [0.25, 0.3) is 0 Å². The summed E-state index contributed by atoms with van der Waals surface area (Å²) in [6, 6.07) is -1.60. The van der Waals surface area contributed by atoms with Crippen LogP contribution in [0.3, 0.4) is 0 Å². The second-order valence-corrected chi connectivity index (χ2v) is 4.51. The standard InChI is InChI=1S/C13H22N2O5/c1-6-7-20-13(18)15-10(8(2)3)11(16)14-9(4)12(17)19-5/h6,8-10H,1,7H2,2-5H3,(H,14,16)(H,15,18)/t9-,10-/m0/s1. The molecular weight excluding hydrogens is 264 g/mol. The molecule has 0 fully saturated rings. The topological polar surface area (TPSA) is 93.7 Å². The monoisotopic (exact) mass is 286 g/mol. The van der Waals surface area contributed by atoms with Crippen LogP contribution in [-0.2, 0) is 19.1 Å². The Morgan fingerprint density at radius 2 is 1.80 bits per heavy atom. The Hall–Kier alpha value is -2.05. The highest BCUT2D eigenvalue weighted by Gasteiger charge is 2.27. The highest BCUT2D eigenvalue weighted by Crippen LogP contribution is 2.03. The van der Waals surface area contributed by atoms with Crippen LogP contribution in [0.25, 0.3) is 0 Å². The summed E-state index contributed by atoms with van der Waals surface area (Å²) in [5.74, 6) is -1.21. The molecule has 0 spiro atoms. The number of carbonyl (C=O) groups excluding carboxylic acids is 3. The predicted molar refractivity (Wildman–Crippen MR) is 72.9 cm³/mol. The number of esters is 1. The number of alkyl carbamates (subject to hydrolysis) is 1. The van der Waals surface area contributed by atoms with Gasteiger partial charge in [0.05, 0.1) is 7.11 Å². The maximum absolute atomic E-state index is 12.0. The molecule has 0 rings (SSSR count). The zero-order valence-electron chi connectivity index (χ0n) is 12.3. The van der Waals surface area contributed by atoms with E-state index in [0.717, 1.165) is 0 Å². The number of nitrogens with one attached hydrogen (secondary N) is 2. The number of ether oxygens (including phenoxy) is 2. The number of rotatable bonds is 7. The fraction of sp³-hybridized carbons (Fsp3) is 0.615. The van der Waals surface area contributed by atoms with E-state index >= 15 is 0 Å². The van der Waals surface area contributed by atoms with Gasteiger partial charge in [-0.25, -0.2) is 9.59 Å². The van der Waals surface area contributed by atoms with Crippen molar-refractivity contribution in [1.82, 2.24) is 10.6 Å². The fourth-order valence-corrected chi connectivity index (χ4v) is 1.38. The number of amides is 2. The zero-order valence-corrected chi connectivity index (χ0v) is 12.3. The summed E-state index contributed by atoms with van der Waals surface area (Å²) in [6.07, 6.45) is 0.702. The first-order chi connectivity index (χ1) is 9.33. The Bertz CT molecular complexity index is 368. The third-order valence-electron chi connectivity index (χ3n) is 2.47. The van der Waals surface area contributed by atoms with Crippen molar-refractivity contribution < 1.29 is 23.9 Å². The van der Waals surface area contributed by atoms with Gasteiger partial charge >= 0.3 is 12.1 Å². The quantitative estimate of drug-likeness (QED) is 0.528. The molecule has 114 valence electrons. The third-order valence-corrected chi connectivity index (χ3v) is 2.47. The second-order valence-electron chi connectivity index (χ2n) is 4.51. The Morgan fingerprint density at radius 3 is 2.25 bits per heavy atom. The van der Waals surface area contributed by atoms with Gasteiger partial charge in [0.2, 0.25) is 5.91 Å². The number of hydrogen-bond donors (Lipinski definition) is 2. The molecule has 0 bridgehead atoms. The van der Waals surface area contributed by atoms with Gasteiger partial charge in [0, 0.05) is 0 Å². The number of carbonyl (C=O) groups is 3. The van der Waals surface area contributed by atoms with E-state index in [0.29, 0.717) is 0 Å². The molecule has 0 aliphatic carbocycles. The average molecular weight is 286 g/mol. The zero-order chi connectivity index (χ0) is 15.7. The number of methoxy groups -OCH3 is 1. The lowest BCUT2D eigenvalue weighted by atomic mass is 10.0. The summed E-state index contributed by atoms with van der Waals surface area (Å²) < 4.78 is 9.27. The first kappa shape index (κ1) is 17.9. The van der Waals surface area contributed by atoms with Gasteiger partial charge < -0.3 is 20.1 Å². The Morgan fingerprint density at radius 1 is 1.20 bits per heavy atom. The van der Waals surface area contributed by atoms with Crippen molar-refractivity contribution >= 4 is 18.0 Å². The molecular formula is C13H22N2O5. The molecule has 0 saturated heterocycles. The van der Waals surface area contributed by atoms with Crippen LogP contribution in [0.2, 0.25) is 0 Å². The summed E-state index contributed by atoms with van der Waals surface area (Å²) in [5.41, 5.74) is 0. The molecule has 0 unspecified atom stereocenters. The minimum atomic E-state index is -0.806. The summed E-state index contributed by atoms with van der Waals surface area (Å²) >= 11 is 0. The SMILES string of the molecule is C=CCOC(=O)N[C@H](C(=O)N[C@@H](C)C(=O)OC)C(C)C. The third kappa shape index (κ3) is 6.21. The molecule has 0 saturated carbocycles. The van der Waals surface area contributed by atoms with Crippen molar-refractivity contribution in [2.75, 3.05) is 13.7 Å². The van der Waals surface area contributed by atoms with Gasteiger partial charge in [-0.2, -0.15) is 0 Å². The van der Waals surface area contributed by atoms with Crippen molar-refractivity contribution in [2.45, 2.75) is 32.9 Å². The van der Waals surface area contributed by atoms with Crippen LogP contribution >= 0.6 is 0 Å². The second kappa shape index (κ2) is 8.95. The molecule has 0 aliphatic heterocycles. The molecule has 0 aromatic heterocycles. The first-order valence-electron chi connectivity index (χ1n) is 6.25. The van der Waals surface area contributed by atoms with Gasteiger partial charge in [-0.3, -0.25) is 4.79 Å². The molecule has 0 heterocycles. The van der Waals surface area contributed by atoms with Crippen molar-refractivity contribution in [3.8, 4) is 0 Å². The van der Waals surface area contributed by atoms with Crippen LogP contribution in [0, 0.1) is 5.92 Å². The van der Waals surface area contributed by atoms with Crippen LogP contribution in [0.5, 0.6) is 0 Å². The first-order valence-corrected chi connectivity index (χ1v) is 6.25. The molecule has 20 heavy (non-hydrogen) atoms. The molecule has 2 atom stereocenters. The van der Waals surface area contributed by atoms with Gasteiger partial charge in [0.1, 0.15) is 18.7 Å². The Labute approximate surface area is 118 Å². The molecule has 0 aromatic carbocycles. The maximum Gasteiger partial charge on any atom is 0.408 e. The van der Waals surface area contributed by atoms with E-state index in [-0.39, 0.29) is 12.5 Å². The maximum atomic E-state index is 12.0. The molecule has 0 aromatic rings. The largest absolute Gasteiger partial charge is 0.467 e. The molecule has 2 N–H and O–H groups in total. The lowest BCUT2D eigenvalue weighted by Gasteiger charge is -2.22. The van der Waals surface area contributed by atoms with Crippen LogP contribution in [0.4, 0.5) is 4.79 Å². The molecule has 2 amide bonds. The van der Waals surface area contributed by atoms with Crippen molar-refractivity contribution in [1.29, 1.82) is 0 Å². The van der Waals surface area contributed by atoms with Crippen molar-refractivity contribution in [2.24, 2.45) is 5.92 Å². The summed E-state index contributed by atoms with van der Waals surface area (Å²) in [7, 11) is 1.23. The van der Waals surface area contributed by atoms with E-state index in [2.05, 4.69) is 21.9 Å². The predicted octanol–water partition coefficient (Wildman–Crippen LogP) is 0.601. The van der Waals surface area contributed by atoms with E-state index in [9.17, 15) is 14.4 Å². The van der Waals surface area contributed by atoms with E-state index in [1.54, 1.807) is 13.8 Å². The summed E-state index contributed by atoms with van der Waals surface area (Å²) in [5, 5.41) is 4.91. The van der Waals surface area contributed by atoms with Gasteiger partial charge in [-0.1, -0.05) is 26.5 Å². The van der Waals surface area contributed by atoms with Crippen molar-refractivity contribution in [3.05, 3.63) is 12.7 Å². The Kier molecular flexibility index (Phi) is 8.03. The van der Waals surface area contributed by atoms with E-state index < -0.39 is 30.1 Å². The Balaban J connectivity index is 4.58. The molecule has 0 radical (unpaired) electrons. The van der Waals surface area contributed by atoms with E-state index in [1.165, 1.54) is 20.1 Å². The molecule has 0 aliphatic rings. The van der Waals surface area contributed by atoms with Crippen LogP contribution in [-0.4, -0.2) is 43.8 Å². The summed E-state index contributed by atoms with van der Waals surface area (Å²) in [4.78, 5) is 34.7. The highest BCUT2D eigenvalue weighted by atomic mass is 16.5. The van der Waals surface area contributed by atoms with Crippen LogP contribution < -0.4 is 10.6 Å². The van der Waals surface area contributed by atoms with E-state index in [4.69, 9.17) is 4.74 Å². The van der Waals surface area contributed by atoms with E-state index in [1.807, 2.05) is 0 Å². The lowest BCUT2D eigenvalue weighted by Crippen LogP contribution is -2.53. The fourth-order valence-electron chi connectivity index (χ4n) is 1.38. The van der Waals surface area contributed by atoms with Crippen LogP contribution in [0.15, 0.2) is 12.7 Å². The van der Waals surface area contributed by atoms with Crippen molar-refractivity contribution in [3.63, 3.8) is 0 Å². The molecule has 7 nitrogen and oxygen atoms in total. The smallest absolute Gasteiger partial charge is 0.408 e. The van der Waals surface area contributed by atoms with Gasteiger partial charge in [-0.15, -0.1) is 0 Å².